The van der Waals surface area contributed by atoms with Gasteiger partial charge >= 0.3 is 0 Å². The van der Waals surface area contributed by atoms with Crippen LogP contribution in [0.2, 0.25) is 0 Å². The molecule has 1 atom stereocenters. The Bertz CT molecular complexity index is 1150. The van der Waals surface area contributed by atoms with Crippen molar-refractivity contribution in [2.24, 2.45) is 0 Å². The molecular weight excluding hydrogens is 436 g/mol. The number of aliphatic hydroxyl groups excluding tert-OH is 2. The minimum absolute atomic E-state index is 0.00855. The predicted molar refractivity (Wildman–Crippen MR) is 128 cm³/mol. The quantitative estimate of drug-likeness (QED) is 0.496. The summed E-state index contributed by atoms with van der Waals surface area (Å²) in [4.78, 5) is 6.94. The molecule has 0 saturated carbocycles. The van der Waals surface area contributed by atoms with Gasteiger partial charge in [0, 0.05) is 30.3 Å². The van der Waals surface area contributed by atoms with E-state index >= 15 is 0 Å². The van der Waals surface area contributed by atoms with Gasteiger partial charge in [-0.1, -0.05) is 18.2 Å². The van der Waals surface area contributed by atoms with Crippen molar-refractivity contribution in [3.05, 3.63) is 53.1 Å². The van der Waals surface area contributed by atoms with Crippen LogP contribution in [0.4, 0.5) is 0 Å². The summed E-state index contributed by atoms with van der Waals surface area (Å²) in [5.41, 5.74) is 4.78. The third kappa shape index (κ3) is 4.92. The number of nitrogens with zero attached hydrogens (tertiary/aromatic N) is 4. The van der Waals surface area contributed by atoms with Crippen LogP contribution in [-0.2, 0) is 6.42 Å². The van der Waals surface area contributed by atoms with E-state index in [-0.39, 0.29) is 25.4 Å². The Morgan fingerprint density at radius 1 is 1.21 bits per heavy atom. The maximum atomic E-state index is 9.54. The maximum absolute atomic E-state index is 9.54. The van der Waals surface area contributed by atoms with Crippen molar-refractivity contribution in [2.75, 3.05) is 26.3 Å². The first-order chi connectivity index (χ1) is 16.0. The van der Waals surface area contributed by atoms with Gasteiger partial charge in [0.15, 0.2) is 5.82 Å². The Morgan fingerprint density at radius 2 is 2.00 bits per heavy atom. The number of hydrogen-bond donors (Lipinski definition) is 2. The molecule has 8 heteroatoms. The van der Waals surface area contributed by atoms with Crippen molar-refractivity contribution in [1.82, 2.24) is 14.3 Å². The molecule has 1 aliphatic carbocycles. The molecule has 33 heavy (non-hydrogen) atoms. The molecule has 0 radical (unpaired) electrons. The van der Waals surface area contributed by atoms with E-state index in [1.54, 1.807) is 6.07 Å². The lowest BCUT2D eigenvalue weighted by atomic mass is 10.0. The topological polar surface area (TPSA) is 102 Å². The summed E-state index contributed by atoms with van der Waals surface area (Å²) in [5, 5.41) is 29.2. The van der Waals surface area contributed by atoms with Crippen LogP contribution in [0.15, 0.2) is 36.4 Å². The van der Waals surface area contributed by atoms with Crippen LogP contribution in [0.3, 0.4) is 0 Å². The lowest BCUT2D eigenvalue weighted by molar-refractivity contribution is 0.121. The summed E-state index contributed by atoms with van der Waals surface area (Å²) < 4.78 is 10.4. The average molecular weight is 465 g/mol. The molecule has 0 amide bonds. The molecule has 0 aliphatic heterocycles. The van der Waals surface area contributed by atoms with Crippen LogP contribution in [0.5, 0.6) is 5.75 Å². The van der Waals surface area contributed by atoms with Crippen LogP contribution in [-0.4, -0.2) is 56.9 Å². The number of rotatable bonds is 9. The zero-order valence-electron chi connectivity index (χ0n) is 18.9. The van der Waals surface area contributed by atoms with Crippen molar-refractivity contribution in [3.8, 4) is 33.8 Å². The molecule has 0 saturated heterocycles. The minimum atomic E-state index is -0.00855. The number of benzene rings is 2. The molecule has 7 nitrogen and oxygen atoms in total. The predicted octanol–water partition coefficient (Wildman–Crippen LogP) is 3.80. The third-order valence-corrected chi connectivity index (χ3v) is 6.59. The first kappa shape index (κ1) is 23.3. The second-order valence-electron chi connectivity index (χ2n) is 8.32. The number of hydrogen-bond acceptors (Lipinski definition) is 8. The van der Waals surface area contributed by atoms with Crippen LogP contribution >= 0.6 is 11.5 Å². The summed E-state index contributed by atoms with van der Waals surface area (Å²) in [6, 6.07) is 14.1. The Hall–Kier alpha value is -2.83. The smallest absolute Gasteiger partial charge is 0.173 e. The molecule has 4 rings (SSSR count). The highest BCUT2D eigenvalue weighted by molar-refractivity contribution is 7.09. The number of aliphatic hydroxyl groups is 2. The number of aromatic nitrogens is 2. The Balaban J connectivity index is 1.64. The van der Waals surface area contributed by atoms with Gasteiger partial charge < -0.3 is 14.9 Å². The van der Waals surface area contributed by atoms with E-state index in [0.29, 0.717) is 30.2 Å². The van der Waals surface area contributed by atoms with Crippen LogP contribution in [0.1, 0.15) is 43.0 Å². The standard InChI is InChI=1S/C25H28N4O3S/c1-16(2)32-23-9-6-17(14-18(23)15-26)25-27-24(28-33-25)21-5-3-4-20-19(21)7-8-22(20)29(10-12-30)11-13-31/h3-6,9,14,16,22,30-31H,7-8,10-13H2,1-2H3. The van der Waals surface area contributed by atoms with Gasteiger partial charge in [-0.05, 0) is 67.5 Å². The molecule has 0 bridgehead atoms. The molecule has 1 unspecified atom stereocenters. The molecule has 2 aromatic carbocycles. The molecule has 172 valence electrons. The zero-order valence-corrected chi connectivity index (χ0v) is 19.7. The number of fused-ring (bicyclic) bond motifs is 1. The lowest BCUT2D eigenvalue weighted by Gasteiger charge is -2.28. The summed E-state index contributed by atoms with van der Waals surface area (Å²) >= 11 is 1.32. The molecule has 1 aromatic heterocycles. The molecule has 2 N–H and O–H groups in total. The van der Waals surface area contributed by atoms with Crippen LogP contribution in [0, 0.1) is 11.3 Å². The second kappa shape index (κ2) is 10.4. The van der Waals surface area contributed by atoms with Gasteiger partial charge in [0.25, 0.3) is 0 Å². The van der Waals surface area contributed by atoms with Crippen molar-refractivity contribution < 1.29 is 14.9 Å². The number of ether oxygens (including phenoxy) is 1. The van der Waals surface area contributed by atoms with Crippen molar-refractivity contribution >= 4 is 11.5 Å². The van der Waals surface area contributed by atoms with Crippen LogP contribution < -0.4 is 4.74 Å². The minimum Gasteiger partial charge on any atom is -0.490 e. The first-order valence-corrected chi connectivity index (χ1v) is 12.0. The molecular formula is C25H28N4O3S. The third-order valence-electron chi connectivity index (χ3n) is 5.83. The molecule has 1 aliphatic rings. The summed E-state index contributed by atoms with van der Waals surface area (Å²) in [6.45, 7) is 5.06. The van der Waals surface area contributed by atoms with Crippen molar-refractivity contribution in [3.63, 3.8) is 0 Å². The average Bonchev–Trinajstić information content (AvgIpc) is 3.46. The molecule has 0 spiro atoms. The normalized spacial score (nSPS) is 15.1. The largest absolute Gasteiger partial charge is 0.490 e. The highest BCUT2D eigenvalue weighted by Crippen LogP contribution is 2.40. The zero-order chi connectivity index (χ0) is 23.4. The Kier molecular flexibility index (Phi) is 7.36. The summed E-state index contributed by atoms with van der Waals surface area (Å²) in [5.74, 6) is 1.26. The highest BCUT2D eigenvalue weighted by Gasteiger charge is 2.30. The maximum Gasteiger partial charge on any atom is 0.173 e. The number of nitriles is 1. The van der Waals surface area contributed by atoms with Gasteiger partial charge in [0.2, 0.25) is 0 Å². The molecule has 1 heterocycles. The highest BCUT2D eigenvalue weighted by atomic mass is 32.1. The van der Waals surface area contributed by atoms with Gasteiger partial charge in [0.1, 0.15) is 16.8 Å². The van der Waals surface area contributed by atoms with E-state index in [1.165, 1.54) is 22.7 Å². The van der Waals surface area contributed by atoms with E-state index in [0.717, 1.165) is 29.0 Å². The fourth-order valence-electron chi connectivity index (χ4n) is 4.46. The van der Waals surface area contributed by atoms with E-state index in [4.69, 9.17) is 9.72 Å². The first-order valence-electron chi connectivity index (χ1n) is 11.2. The molecule has 0 fully saturated rings. The van der Waals surface area contributed by atoms with E-state index in [1.807, 2.05) is 32.0 Å². The Labute approximate surface area is 198 Å². The monoisotopic (exact) mass is 464 g/mol. The van der Waals surface area contributed by atoms with Gasteiger partial charge in [-0.25, -0.2) is 4.98 Å². The van der Waals surface area contributed by atoms with Crippen molar-refractivity contribution in [1.29, 1.82) is 5.26 Å². The Morgan fingerprint density at radius 3 is 2.70 bits per heavy atom. The van der Waals surface area contributed by atoms with E-state index in [2.05, 4.69) is 27.5 Å². The van der Waals surface area contributed by atoms with Gasteiger partial charge in [-0.15, -0.1) is 0 Å². The lowest BCUT2D eigenvalue weighted by Crippen LogP contribution is -2.32. The SMILES string of the molecule is CC(C)Oc1ccc(-c2nc(-c3cccc4c3CCC4N(CCO)CCO)ns2)cc1C#N. The van der Waals surface area contributed by atoms with Crippen LogP contribution in [0.25, 0.3) is 22.0 Å². The van der Waals surface area contributed by atoms with Gasteiger partial charge in [-0.2, -0.15) is 9.64 Å². The summed E-state index contributed by atoms with van der Waals surface area (Å²) in [6.07, 6.45) is 1.83. The fraction of sp³-hybridized carbons (Fsp3) is 0.400. The van der Waals surface area contributed by atoms with E-state index in [9.17, 15) is 15.5 Å². The van der Waals surface area contributed by atoms with E-state index < -0.39 is 0 Å². The second-order valence-corrected chi connectivity index (χ2v) is 9.08. The molecule has 3 aromatic rings. The fourth-order valence-corrected chi connectivity index (χ4v) is 5.13. The van der Waals surface area contributed by atoms with Crippen molar-refractivity contribution in [2.45, 2.75) is 38.8 Å². The summed E-state index contributed by atoms with van der Waals surface area (Å²) in [7, 11) is 0. The van der Waals surface area contributed by atoms with Gasteiger partial charge in [0.05, 0.1) is 24.9 Å². The van der Waals surface area contributed by atoms with Gasteiger partial charge in [-0.3, -0.25) is 4.90 Å².